The van der Waals surface area contributed by atoms with Crippen molar-refractivity contribution in [1.29, 1.82) is 5.26 Å². The number of aryl methyl sites for hydroxylation is 1. The zero-order chi connectivity index (χ0) is 17.3. The molecule has 3 heterocycles. The van der Waals surface area contributed by atoms with Gasteiger partial charge in [0.25, 0.3) is 11.2 Å². The number of hydrogen-bond acceptors (Lipinski definition) is 7. The van der Waals surface area contributed by atoms with E-state index in [1.54, 1.807) is 13.0 Å². The third-order valence-corrected chi connectivity index (χ3v) is 4.07. The average Bonchev–Trinajstić information content (AvgIpc) is 3.19. The summed E-state index contributed by atoms with van der Waals surface area (Å²) >= 11 is 1.50. The van der Waals surface area contributed by atoms with Crippen molar-refractivity contribution < 1.29 is 9.34 Å². The van der Waals surface area contributed by atoms with Crippen LogP contribution in [0.1, 0.15) is 17.0 Å². The predicted octanol–water partition coefficient (Wildman–Crippen LogP) is 2.70. The molecule has 0 N–H and O–H groups in total. The number of pyridine rings is 1. The molecule has 0 amide bonds. The molecule has 8 nitrogen and oxygen atoms in total. The molecular weight excluding hydrogens is 332 g/mol. The lowest BCUT2D eigenvalue weighted by atomic mass is 10.2. The van der Waals surface area contributed by atoms with Gasteiger partial charge in [0.1, 0.15) is 23.1 Å². The normalized spacial score (nSPS) is 10.5. The van der Waals surface area contributed by atoms with Gasteiger partial charge in [-0.3, -0.25) is 14.9 Å². The molecular formula is C15H10N4O4S. The number of nitrogens with zero attached hydrogens (tertiary/aromatic N) is 4. The van der Waals surface area contributed by atoms with Crippen molar-refractivity contribution in [2.75, 3.05) is 0 Å². The molecule has 24 heavy (non-hydrogen) atoms. The van der Waals surface area contributed by atoms with E-state index in [9.17, 15) is 14.9 Å². The van der Waals surface area contributed by atoms with Gasteiger partial charge in [0.2, 0.25) is 5.89 Å². The molecule has 9 heteroatoms. The molecule has 0 aliphatic rings. The van der Waals surface area contributed by atoms with Crippen LogP contribution in [-0.2, 0) is 6.54 Å². The molecule has 0 bridgehead atoms. The largest absolute Gasteiger partial charge is 0.441 e. The van der Waals surface area contributed by atoms with Crippen LogP contribution in [0.2, 0.25) is 0 Å². The average molecular weight is 342 g/mol. The second-order valence-corrected chi connectivity index (χ2v) is 5.73. The van der Waals surface area contributed by atoms with Crippen LogP contribution < -0.4 is 5.56 Å². The van der Waals surface area contributed by atoms with Crippen molar-refractivity contribution in [2.45, 2.75) is 13.5 Å². The first-order valence-electron chi connectivity index (χ1n) is 6.77. The summed E-state index contributed by atoms with van der Waals surface area (Å²) in [6.45, 7) is 1.68. The Kier molecular flexibility index (Phi) is 3.97. The predicted molar refractivity (Wildman–Crippen MR) is 85.7 cm³/mol. The number of nitriles is 1. The van der Waals surface area contributed by atoms with E-state index >= 15 is 0 Å². The van der Waals surface area contributed by atoms with E-state index in [0.717, 1.165) is 22.4 Å². The van der Waals surface area contributed by atoms with E-state index in [1.807, 2.05) is 16.8 Å². The fraction of sp³-hybridized carbons (Fsp3) is 0.133. The summed E-state index contributed by atoms with van der Waals surface area (Å²) in [5.74, 6) is 0.927. The Morgan fingerprint density at radius 3 is 2.96 bits per heavy atom. The summed E-state index contributed by atoms with van der Waals surface area (Å²) in [5.41, 5.74) is 0.0671. The van der Waals surface area contributed by atoms with Crippen LogP contribution in [0.5, 0.6) is 0 Å². The maximum absolute atomic E-state index is 12.2. The topological polar surface area (TPSA) is 115 Å². The highest BCUT2D eigenvalue weighted by atomic mass is 32.1. The second kappa shape index (κ2) is 6.10. The minimum absolute atomic E-state index is 0.0192. The van der Waals surface area contributed by atoms with Crippen molar-refractivity contribution in [1.82, 2.24) is 9.55 Å². The highest BCUT2D eigenvalue weighted by molar-refractivity contribution is 7.08. The number of thiophene rings is 1. The first kappa shape index (κ1) is 15.6. The molecule has 0 aliphatic carbocycles. The minimum atomic E-state index is -0.650. The number of oxazole rings is 1. The van der Waals surface area contributed by atoms with E-state index in [4.69, 9.17) is 9.68 Å². The Morgan fingerprint density at radius 1 is 1.54 bits per heavy atom. The number of aromatic nitrogens is 2. The first-order valence-corrected chi connectivity index (χ1v) is 7.71. The van der Waals surface area contributed by atoms with Gasteiger partial charge in [-0.1, -0.05) is 0 Å². The van der Waals surface area contributed by atoms with Gasteiger partial charge < -0.3 is 8.98 Å². The van der Waals surface area contributed by atoms with Crippen LogP contribution in [0.3, 0.4) is 0 Å². The monoisotopic (exact) mass is 342 g/mol. The molecule has 0 atom stereocenters. The third-order valence-electron chi connectivity index (χ3n) is 3.38. The van der Waals surface area contributed by atoms with Gasteiger partial charge in [-0.05, 0) is 18.4 Å². The summed E-state index contributed by atoms with van der Waals surface area (Å²) in [5, 5.41) is 23.7. The quantitative estimate of drug-likeness (QED) is 0.532. The lowest BCUT2D eigenvalue weighted by Gasteiger charge is -2.04. The van der Waals surface area contributed by atoms with Crippen molar-refractivity contribution in [3.8, 4) is 17.5 Å². The Morgan fingerprint density at radius 2 is 2.33 bits per heavy atom. The fourth-order valence-electron chi connectivity index (χ4n) is 2.16. The van der Waals surface area contributed by atoms with Gasteiger partial charge >= 0.3 is 0 Å². The van der Waals surface area contributed by atoms with Crippen LogP contribution in [0.4, 0.5) is 5.69 Å². The maximum Gasteiger partial charge on any atom is 0.287 e. The number of rotatable bonds is 4. The van der Waals surface area contributed by atoms with Gasteiger partial charge in [0.05, 0.1) is 17.7 Å². The van der Waals surface area contributed by atoms with Crippen LogP contribution in [-0.4, -0.2) is 14.5 Å². The van der Waals surface area contributed by atoms with Crippen LogP contribution >= 0.6 is 11.3 Å². The Balaban J connectivity index is 2.03. The Hall–Kier alpha value is -3.25. The lowest BCUT2D eigenvalue weighted by Crippen LogP contribution is -2.23. The molecule has 120 valence electrons. The highest BCUT2D eigenvalue weighted by Crippen LogP contribution is 2.24. The Bertz CT molecular complexity index is 1010. The SMILES string of the molecule is Cc1oc(-c2ccsc2)nc1Cn1cc([N+](=O)[O-])cc(C#N)c1=O. The van der Waals surface area contributed by atoms with E-state index < -0.39 is 10.5 Å². The molecule has 0 saturated heterocycles. The van der Waals surface area contributed by atoms with Gasteiger partial charge in [0, 0.05) is 17.0 Å². The molecule has 0 fully saturated rings. The van der Waals surface area contributed by atoms with Crippen molar-refractivity contribution in [3.63, 3.8) is 0 Å². The fourth-order valence-corrected chi connectivity index (χ4v) is 2.79. The van der Waals surface area contributed by atoms with Crippen molar-refractivity contribution in [2.24, 2.45) is 0 Å². The summed E-state index contributed by atoms with van der Waals surface area (Å²) in [4.78, 5) is 26.8. The lowest BCUT2D eigenvalue weighted by molar-refractivity contribution is -0.385. The molecule has 0 radical (unpaired) electrons. The molecule has 0 saturated carbocycles. The molecule has 3 aromatic rings. The van der Waals surface area contributed by atoms with E-state index in [1.165, 1.54) is 11.3 Å². The van der Waals surface area contributed by atoms with E-state index in [2.05, 4.69) is 4.98 Å². The minimum Gasteiger partial charge on any atom is -0.441 e. The van der Waals surface area contributed by atoms with Gasteiger partial charge in [-0.25, -0.2) is 4.98 Å². The molecule has 3 rings (SSSR count). The summed E-state index contributed by atoms with van der Waals surface area (Å²) in [7, 11) is 0. The van der Waals surface area contributed by atoms with E-state index in [-0.39, 0.29) is 17.8 Å². The van der Waals surface area contributed by atoms with E-state index in [0.29, 0.717) is 17.3 Å². The standard InChI is InChI=1S/C15H10N4O4S/c1-9-13(17-14(23-9)10-2-3-24-8-10)7-18-6-12(19(21)22)4-11(5-16)15(18)20/h2-4,6,8H,7H2,1H3. The van der Waals surface area contributed by atoms with Crippen LogP contribution in [0.15, 0.2) is 38.3 Å². The summed E-state index contributed by atoms with van der Waals surface area (Å²) < 4.78 is 6.68. The van der Waals surface area contributed by atoms with Crippen LogP contribution in [0, 0.1) is 28.4 Å². The maximum atomic E-state index is 12.2. The molecule has 0 unspecified atom stereocenters. The second-order valence-electron chi connectivity index (χ2n) is 4.95. The summed E-state index contributed by atoms with van der Waals surface area (Å²) in [6, 6.07) is 4.50. The molecule has 3 aromatic heterocycles. The third kappa shape index (κ3) is 2.82. The van der Waals surface area contributed by atoms with Gasteiger partial charge in [-0.2, -0.15) is 16.6 Å². The summed E-state index contributed by atoms with van der Waals surface area (Å²) in [6.07, 6.45) is 1.10. The number of nitro groups is 1. The van der Waals surface area contributed by atoms with Gasteiger partial charge in [0.15, 0.2) is 0 Å². The highest BCUT2D eigenvalue weighted by Gasteiger charge is 2.17. The zero-order valence-electron chi connectivity index (χ0n) is 12.4. The Labute approximate surface area is 139 Å². The first-order chi connectivity index (χ1) is 11.5. The van der Waals surface area contributed by atoms with Gasteiger partial charge in [-0.15, -0.1) is 0 Å². The van der Waals surface area contributed by atoms with Crippen molar-refractivity contribution in [3.05, 3.63) is 66.6 Å². The van der Waals surface area contributed by atoms with Crippen LogP contribution in [0.25, 0.3) is 11.5 Å². The smallest absolute Gasteiger partial charge is 0.287 e. The van der Waals surface area contributed by atoms with Crippen molar-refractivity contribution >= 4 is 17.0 Å². The zero-order valence-corrected chi connectivity index (χ0v) is 13.2. The molecule has 0 aliphatic heterocycles. The number of hydrogen-bond donors (Lipinski definition) is 0. The molecule has 0 aromatic carbocycles. The molecule has 0 spiro atoms.